The van der Waals surface area contributed by atoms with Crippen LogP contribution in [-0.2, 0) is 19.4 Å². The van der Waals surface area contributed by atoms with E-state index < -0.39 is 0 Å². The molecule has 0 radical (unpaired) electrons. The van der Waals surface area contributed by atoms with Gasteiger partial charge in [-0.05, 0) is 31.2 Å². The average Bonchev–Trinajstić information content (AvgIpc) is 3.29. The number of H-pyrrole nitrogens is 1. The van der Waals surface area contributed by atoms with E-state index in [1.54, 1.807) is 18.7 Å². The molecule has 1 aliphatic rings. The molecule has 0 unspecified atom stereocenters. The second-order valence-electron chi connectivity index (χ2n) is 6.52. The van der Waals surface area contributed by atoms with Crippen LogP contribution < -0.4 is 5.32 Å². The second-order valence-corrected chi connectivity index (χ2v) is 6.52. The molecule has 3 aromatic heterocycles. The molecule has 0 aliphatic heterocycles. The summed E-state index contributed by atoms with van der Waals surface area (Å²) in [6.45, 7) is 2.60. The van der Waals surface area contributed by atoms with Gasteiger partial charge in [0, 0.05) is 42.0 Å². The fourth-order valence-electron chi connectivity index (χ4n) is 3.30. The van der Waals surface area contributed by atoms with Crippen molar-refractivity contribution in [1.82, 2.24) is 30.0 Å². The monoisotopic (exact) mass is 336 g/mol. The molecule has 2 N–H and O–H groups in total. The molecule has 25 heavy (non-hydrogen) atoms. The Morgan fingerprint density at radius 3 is 3.20 bits per heavy atom. The lowest BCUT2D eigenvalue weighted by molar-refractivity contribution is 0.0944. The summed E-state index contributed by atoms with van der Waals surface area (Å²) in [7, 11) is 0. The fraction of sp³-hybridized carbons (Fsp3) is 0.333. The summed E-state index contributed by atoms with van der Waals surface area (Å²) < 4.78 is 1.83. The minimum Gasteiger partial charge on any atom is -0.346 e. The van der Waals surface area contributed by atoms with Crippen molar-refractivity contribution in [1.29, 1.82) is 0 Å². The number of fused-ring (bicyclic) bond motifs is 1. The molecular weight excluding hydrogens is 316 g/mol. The van der Waals surface area contributed by atoms with Crippen LogP contribution in [0.1, 0.15) is 40.7 Å². The molecule has 1 amide bonds. The number of aromatic nitrogens is 5. The van der Waals surface area contributed by atoms with Crippen LogP contribution in [0.4, 0.5) is 0 Å². The molecule has 1 aliphatic carbocycles. The van der Waals surface area contributed by atoms with Crippen molar-refractivity contribution in [3.63, 3.8) is 0 Å². The maximum absolute atomic E-state index is 12.6. The molecule has 0 saturated carbocycles. The third-order valence-electron chi connectivity index (χ3n) is 4.66. The van der Waals surface area contributed by atoms with Crippen LogP contribution in [0, 0.1) is 5.92 Å². The minimum atomic E-state index is -0.146. The van der Waals surface area contributed by atoms with Crippen molar-refractivity contribution in [2.45, 2.75) is 32.7 Å². The van der Waals surface area contributed by atoms with Crippen molar-refractivity contribution in [2.75, 3.05) is 0 Å². The summed E-state index contributed by atoms with van der Waals surface area (Å²) in [4.78, 5) is 21.1. The van der Waals surface area contributed by atoms with Gasteiger partial charge >= 0.3 is 0 Å². The smallest absolute Gasteiger partial charge is 0.272 e. The van der Waals surface area contributed by atoms with Crippen LogP contribution >= 0.6 is 0 Å². The van der Waals surface area contributed by atoms with E-state index in [0.29, 0.717) is 18.2 Å². The number of hydrogen-bond donors (Lipinski definition) is 2. The average molecular weight is 336 g/mol. The van der Waals surface area contributed by atoms with E-state index >= 15 is 0 Å². The van der Waals surface area contributed by atoms with Gasteiger partial charge in [0.15, 0.2) is 5.69 Å². The van der Waals surface area contributed by atoms with Gasteiger partial charge in [-0.15, -0.1) is 0 Å². The van der Waals surface area contributed by atoms with Gasteiger partial charge in [0.1, 0.15) is 12.1 Å². The molecule has 0 fully saturated rings. The number of hydrogen-bond acceptors (Lipinski definition) is 4. The van der Waals surface area contributed by atoms with E-state index in [-0.39, 0.29) is 5.91 Å². The largest absolute Gasteiger partial charge is 0.346 e. The predicted molar refractivity (Wildman–Crippen MR) is 92.3 cm³/mol. The number of amides is 1. The molecule has 7 heteroatoms. The number of aryl methyl sites for hydroxylation is 1. The summed E-state index contributed by atoms with van der Waals surface area (Å²) in [6, 6.07) is 3.81. The van der Waals surface area contributed by atoms with Gasteiger partial charge in [-0.1, -0.05) is 13.0 Å². The Bertz CT molecular complexity index is 883. The zero-order valence-corrected chi connectivity index (χ0v) is 14.1. The topological polar surface area (TPSA) is 88.5 Å². The van der Waals surface area contributed by atoms with Crippen LogP contribution in [0.3, 0.4) is 0 Å². The summed E-state index contributed by atoms with van der Waals surface area (Å²) >= 11 is 0. The highest BCUT2D eigenvalue weighted by molar-refractivity contribution is 5.94. The maximum Gasteiger partial charge on any atom is 0.272 e. The molecule has 0 saturated heterocycles. The molecule has 3 aromatic rings. The molecule has 1 atom stereocenters. The van der Waals surface area contributed by atoms with E-state index in [4.69, 9.17) is 0 Å². The highest BCUT2D eigenvalue weighted by Gasteiger charge is 2.24. The summed E-state index contributed by atoms with van der Waals surface area (Å²) in [5.41, 5.74) is 3.61. The Labute approximate surface area is 145 Å². The lowest BCUT2D eigenvalue weighted by Crippen LogP contribution is -2.26. The van der Waals surface area contributed by atoms with E-state index in [9.17, 15) is 4.79 Å². The molecule has 128 valence electrons. The predicted octanol–water partition coefficient (Wildman–Crippen LogP) is 2.05. The highest BCUT2D eigenvalue weighted by atomic mass is 16.1. The van der Waals surface area contributed by atoms with Crippen molar-refractivity contribution < 1.29 is 4.79 Å². The maximum atomic E-state index is 12.6. The summed E-state index contributed by atoms with van der Waals surface area (Å²) in [6.07, 6.45) is 9.96. The first kappa shape index (κ1) is 15.6. The normalized spacial score (nSPS) is 16.4. The second kappa shape index (κ2) is 6.51. The van der Waals surface area contributed by atoms with Gasteiger partial charge in [0.05, 0.1) is 0 Å². The first-order valence-corrected chi connectivity index (χ1v) is 8.49. The third-order valence-corrected chi connectivity index (χ3v) is 4.66. The van der Waals surface area contributed by atoms with Crippen molar-refractivity contribution >= 4 is 5.91 Å². The highest BCUT2D eigenvalue weighted by Crippen LogP contribution is 2.26. The first-order valence-electron chi connectivity index (χ1n) is 8.49. The van der Waals surface area contributed by atoms with Crippen molar-refractivity contribution in [2.24, 2.45) is 5.92 Å². The van der Waals surface area contributed by atoms with Crippen molar-refractivity contribution in [3.8, 4) is 5.82 Å². The standard InChI is InChI=1S/C18H20N6O/c1-12-4-5-15-14(9-12)16(23-22-15)18(25)21-10-13-3-2-6-20-17(13)24-8-7-19-11-24/h2-3,6-8,11-12H,4-5,9-10H2,1H3,(H,21,25)(H,22,23)/t12-/m0/s1. The van der Waals surface area contributed by atoms with Gasteiger partial charge in [0.2, 0.25) is 0 Å². The van der Waals surface area contributed by atoms with Crippen LogP contribution in [0.2, 0.25) is 0 Å². The number of rotatable bonds is 4. The van der Waals surface area contributed by atoms with Gasteiger partial charge in [0.25, 0.3) is 5.91 Å². The number of nitrogens with one attached hydrogen (secondary N) is 2. The quantitative estimate of drug-likeness (QED) is 0.763. The molecular formula is C18H20N6O. The van der Waals surface area contributed by atoms with Gasteiger partial charge in [-0.25, -0.2) is 9.97 Å². The van der Waals surface area contributed by atoms with Gasteiger partial charge in [-0.3, -0.25) is 14.5 Å². The third kappa shape index (κ3) is 3.05. The zero-order chi connectivity index (χ0) is 17.2. The van der Waals surface area contributed by atoms with Crippen LogP contribution in [0.15, 0.2) is 37.1 Å². The Morgan fingerprint density at radius 2 is 2.36 bits per heavy atom. The van der Waals surface area contributed by atoms with E-state index in [0.717, 1.165) is 41.9 Å². The van der Waals surface area contributed by atoms with E-state index in [1.165, 1.54) is 0 Å². The Hall–Kier alpha value is -2.96. The Balaban J connectivity index is 1.51. The first-order chi connectivity index (χ1) is 12.2. The Morgan fingerprint density at radius 1 is 1.44 bits per heavy atom. The van der Waals surface area contributed by atoms with Gasteiger partial charge < -0.3 is 5.32 Å². The summed E-state index contributed by atoms with van der Waals surface area (Å²) in [5.74, 6) is 1.20. The van der Waals surface area contributed by atoms with E-state index in [1.807, 2.05) is 22.9 Å². The number of carbonyl (C=O) groups excluding carboxylic acids is 1. The van der Waals surface area contributed by atoms with Gasteiger partial charge in [-0.2, -0.15) is 5.10 Å². The fourth-order valence-corrected chi connectivity index (χ4v) is 3.30. The lowest BCUT2D eigenvalue weighted by atomic mass is 9.87. The van der Waals surface area contributed by atoms with E-state index in [2.05, 4.69) is 32.4 Å². The molecule has 0 bridgehead atoms. The van der Waals surface area contributed by atoms with Crippen molar-refractivity contribution in [3.05, 3.63) is 59.6 Å². The molecule has 3 heterocycles. The SMILES string of the molecule is C[C@H]1CCc2[nH]nc(C(=O)NCc3cccnc3-n3ccnc3)c2C1. The van der Waals surface area contributed by atoms with Crippen LogP contribution in [-0.4, -0.2) is 30.6 Å². The lowest BCUT2D eigenvalue weighted by Gasteiger charge is -2.18. The molecule has 4 rings (SSSR count). The molecule has 7 nitrogen and oxygen atoms in total. The Kier molecular flexibility index (Phi) is 4.05. The van der Waals surface area contributed by atoms with Crippen LogP contribution in [0.5, 0.6) is 0 Å². The number of aromatic amines is 1. The summed E-state index contributed by atoms with van der Waals surface area (Å²) in [5, 5.41) is 10.2. The number of imidazole rings is 1. The van der Waals surface area contributed by atoms with Crippen LogP contribution in [0.25, 0.3) is 5.82 Å². The number of nitrogens with zero attached hydrogens (tertiary/aromatic N) is 4. The zero-order valence-electron chi connectivity index (χ0n) is 14.1. The minimum absolute atomic E-state index is 0.146. The molecule has 0 aromatic carbocycles. The number of carbonyl (C=O) groups is 1. The molecule has 0 spiro atoms. The number of pyridine rings is 1.